The molecule has 0 saturated heterocycles. The summed E-state index contributed by atoms with van der Waals surface area (Å²) in [5, 5.41) is 17.0. The third-order valence-electron chi connectivity index (χ3n) is 0.996. The lowest BCUT2D eigenvalue weighted by Crippen LogP contribution is -1.86. The first-order valence-electron chi connectivity index (χ1n) is 2.61. The Kier molecular flexibility index (Phi) is 1.81. The number of aromatic amines is 1. The van der Waals surface area contributed by atoms with Crippen LogP contribution in [0, 0.1) is 0 Å². The molecule has 1 rings (SSSR count). The molecule has 0 atom stereocenters. The molecule has 1 aromatic rings. The van der Waals surface area contributed by atoms with E-state index >= 15 is 0 Å². The molecule has 0 bridgehead atoms. The lowest BCUT2D eigenvalue weighted by atomic mass is 10.5. The van der Waals surface area contributed by atoms with Crippen LogP contribution in [-0.2, 0) is 13.2 Å². The van der Waals surface area contributed by atoms with E-state index in [1.165, 1.54) is 0 Å². The van der Waals surface area contributed by atoms with Gasteiger partial charge in [0.15, 0.2) is 0 Å². The van der Waals surface area contributed by atoms with E-state index in [1.54, 1.807) is 6.20 Å². The number of hydrogen-bond donors (Lipinski definition) is 3. The zero-order valence-electron chi connectivity index (χ0n) is 4.83. The molecule has 0 aliphatic heterocycles. The third-order valence-corrected chi connectivity index (χ3v) is 0.996. The standard InChI is InChI=1S/C5H8N2O2/c8-2-4-1-6-5(3-9)7-4/h1,8-9H,2-3H2,(H,6,7). The van der Waals surface area contributed by atoms with Crippen molar-refractivity contribution in [1.82, 2.24) is 9.97 Å². The van der Waals surface area contributed by atoms with Crippen molar-refractivity contribution in [2.75, 3.05) is 0 Å². The van der Waals surface area contributed by atoms with Crippen molar-refractivity contribution in [3.63, 3.8) is 0 Å². The molecule has 4 heteroatoms. The monoisotopic (exact) mass is 128 g/mol. The van der Waals surface area contributed by atoms with Crippen molar-refractivity contribution < 1.29 is 10.2 Å². The summed E-state index contributed by atoms with van der Waals surface area (Å²) in [5.41, 5.74) is 0.555. The minimum Gasteiger partial charge on any atom is -0.390 e. The Morgan fingerprint density at radius 3 is 2.56 bits per heavy atom. The van der Waals surface area contributed by atoms with Gasteiger partial charge in [-0.3, -0.25) is 0 Å². The fourth-order valence-electron chi connectivity index (χ4n) is 0.567. The van der Waals surface area contributed by atoms with Gasteiger partial charge in [-0.05, 0) is 0 Å². The van der Waals surface area contributed by atoms with Crippen LogP contribution in [0.5, 0.6) is 0 Å². The molecule has 0 unspecified atom stereocenters. The smallest absolute Gasteiger partial charge is 0.132 e. The van der Waals surface area contributed by atoms with E-state index in [0.29, 0.717) is 11.5 Å². The molecule has 0 aliphatic carbocycles. The topological polar surface area (TPSA) is 69.1 Å². The molecule has 9 heavy (non-hydrogen) atoms. The first-order valence-corrected chi connectivity index (χ1v) is 2.61. The molecule has 0 saturated carbocycles. The summed E-state index contributed by atoms with van der Waals surface area (Å²) < 4.78 is 0. The number of H-pyrrole nitrogens is 1. The molecule has 0 spiro atoms. The Morgan fingerprint density at radius 2 is 2.22 bits per heavy atom. The average molecular weight is 128 g/mol. The Bertz CT molecular complexity index is 166. The molecule has 4 nitrogen and oxygen atoms in total. The lowest BCUT2D eigenvalue weighted by molar-refractivity contribution is 0.267. The SMILES string of the molecule is OCc1c[nH]c(CO)n1. The number of hydrogen-bond acceptors (Lipinski definition) is 3. The number of nitrogens with one attached hydrogen (secondary N) is 1. The quantitative estimate of drug-likeness (QED) is 0.498. The largest absolute Gasteiger partial charge is 0.390 e. The van der Waals surface area contributed by atoms with Gasteiger partial charge in [0, 0.05) is 6.20 Å². The van der Waals surface area contributed by atoms with Crippen molar-refractivity contribution in [1.29, 1.82) is 0 Å². The van der Waals surface area contributed by atoms with Gasteiger partial charge < -0.3 is 15.2 Å². The average Bonchev–Trinajstić information content (AvgIpc) is 2.34. The molecule has 3 N–H and O–H groups in total. The summed E-state index contributed by atoms with van der Waals surface area (Å²) in [6, 6.07) is 0. The van der Waals surface area contributed by atoms with Gasteiger partial charge in [-0.2, -0.15) is 0 Å². The highest BCUT2D eigenvalue weighted by Gasteiger charge is 1.95. The molecule has 0 radical (unpaired) electrons. The molecule has 1 heterocycles. The first kappa shape index (κ1) is 6.25. The number of aliphatic hydroxyl groups excluding tert-OH is 2. The molecular weight excluding hydrogens is 120 g/mol. The molecular formula is C5H8N2O2. The van der Waals surface area contributed by atoms with E-state index < -0.39 is 0 Å². The van der Waals surface area contributed by atoms with E-state index in [9.17, 15) is 0 Å². The first-order chi connectivity index (χ1) is 4.36. The number of nitrogens with zero attached hydrogens (tertiary/aromatic N) is 1. The predicted molar refractivity (Wildman–Crippen MR) is 30.4 cm³/mol. The summed E-state index contributed by atoms with van der Waals surface area (Å²) >= 11 is 0. The van der Waals surface area contributed by atoms with Crippen LogP contribution in [0.3, 0.4) is 0 Å². The summed E-state index contributed by atoms with van der Waals surface area (Å²) in [6.07, 6.45) is 1.56. The van der Waals surface area contributed by atoms with Crippen LogP contribution in [0.25, 0.3) is 0 Å². The van der Waals surface area contributed by atoms with Crippen molar-refractivity contribution >= 4 is 0 Å². The maximum Gasteiger partial charge on any atom is 0.132 e. The summed E-state index contributed by atoms with van der Waals surface area (Å²) in [4.78, 5) is 6.48. The predicted octanol–water partition coefficient (Wildman–Crippen LogP) is -0.606. The van der Waals surface area contributed by atoms with Crippen molar-refractivity contribution in [3.8, 4) is 0 Å². The van der Waals surface area contributed by atoms with Gasteiger partial charge in [0.1, 0.15) is 12.4 Å². The van der Waals surface area contributed by atoms with Gasteiger partial charge in [0.05, 0.1) is 12.3 Å². The van der Waals surface area contributed by atoms with Gasteiger partial charge >= 0.3 is 0 Å². The van der Waals surface area contributed by atoms with E-state index in [-0.39, 0.29) is 13.2 Å². The fraction of sp³-hybridized carbons (Fsp3) is 0.400. The summed E-state index contributed by atoms with van der Waals surface area (Å²) in [6.45, 7) is -0.198. The number of aliphatic hydroxyl groups is 2. The normalized spacial score (nSPS) is 10.0. The fourth-order valence-corrected chi connectivity index (χ4v) is 0.567. The van der Waals surface area contributed by atoms with Gasteiger partial charge in [-0.15, -0.1) is 0 Å². The molecule has 1 aromatic heterocycles. The summed E-state index contributed by atoms with van der Waals surface area (Å²) in [5.74, 6) is 0.485. The Hall–Kier alpha value is -0.870. The molecule has 50 valence electrons. The minimum atomic E-state index is -0.111. The van der Waals surface area contributed by atoms with Crippen LogP contribution in [0.1, 0.15) is 11.5 Å². The number of aromatic nitrogens is 2. The second-order valence-corrected chi connectivity index (χ2v) is 1.65. The van der Waals surface area contributed by atoms with Crippen LogP contribution >= 0.6 is 0 Å². The van der Waals surface area contributed by atoms with Crippen LogP contribution in [-0.4, -0.2) is 20.2 Å². The molecule has 0 amide bonds. The zero-order chi connectivity index (χ0) is 6.69. The van der Waals surface area contributed by atoms with E-state index in [1.807, 2.05) is 0 Å². The van der Waals surface area contributed by atoms with Crippen LogP contribution in [0.4, 0.5) is 0 Å². The highest BCUT2D eigenvalue weighted by atomic mass is 16.3. The maximum absolute atomic E-state index is 8.48. The van der Waals surface area contributed by atoms with E-state index in [0.717, 1.165) is 0 Å². The second-order valence-electron chi connectivity index (χ2n) is 1.65. The lowest BCUT2D eigenvalue weighted by Gasteiger charge is -1.82. The van der Waals surface area contributed by atoms with Crippen molar-refractivity contribution in [2.24, 2.45) is 0 Å². The number of imidazole rings is 1. The summed E-state index contributed by atoms with van der Waals surface area (Å²) in [7, 11) is 0. The second kappa shape index (κ2) is 2.61. The van der Waals surface area contributed by atoms with Crippen LogP contribution in [0.15, 0.2) is 6.20 Å². The molecule has 0 aromatic carbocycles. The Labute approximate surface area is 52.2 Å². The van der Waals surface area contributed by atoms with Crippen LogP contribution in [0.2, 0.25) is 0 Å². The maximum atomic E-state index is 8.48. The highest BCUT2D eigenvalue weighted by molar-refractivity contribution is 4.98. The minimum absolute atomic E-state index is 0.0868. The van der Waals surface area contributed by atoms with Crippen molar-refractivity contribution in [3.05, 3.63) is 17.7 Å². The molecule has 0 fully saturated rings. The highest BCUT2D eigenvalue weighted by Crippen LogP contribution is 1.94. The van der Waals surface area contributed by atoms with Gasteiger partial charge in [-0.25, -0.2) is 4.98 Å². The van der Waals surface area contributed by atoms with Gasteiger partial charge in [0.2, 0.25) is 0 Å². The van der Waals surface area contributed by atoms with Gasteiger partial charge in [-0.1, -0.05) is 0 Å². The third kappa shape index (κ3) is 1.28. The number of rotatable bonds is 2. The van der Waals surface area contributed by atoms with E-state index in [2.05, 4.69) is 9.97 Å². The zero-order valence-corrected chi connectivity index (χ0v) is 4.83. The molecule has 0 aliphatic rings. The van der Waals surface area contributed by atoms with Crippen LogP contribution < -0.4 is 0 Å². The van der Waals surface area contributed by atoms with Crippen molar-refractivity contribution in [2.45, 2.75) is 13.2 Å². The van der Waals surface area contributed by atoms with Gasteiger partial charge in [0.25, 0.3) is 0 Å². The van der Waals surface area contributed by atoms with E-state index in [4.69, 9.17) is 10.2 Å². The Balaban J connectivity index is 2.74. The Morgan fingerprint density at radius 1 is 1.44 bits per heavy atom.